The molecule has 44 heavy (non-hydrogen) atoms. The van der Waals surface area contributed by atoms with Crippen LogP contribution in [-0.4, -0.2) is 18.0 Å². The number of ether oxygens (including phenoxy) is 2. The first-order chi connectivity index (χ1) is 20.8. The summed E-state index contributed by atoms with van der Waals surface area (Å²) in [5, 5.41) is 0. The van der Waals surface area contributed by atoms with Gasteiger partial charge in [-0.3, -0.25) is 0 Å². The summed E-state index contributed by atoms with van der Waals surface area (Å²) in [6.45, 7) is 12.4. The van der Waals surface area contributed by atoms with Gasteiger partial charge in [0, 0.05) is 22.1 Å². The first kappa shape index (κ1) is 35.1. The maximum Gasteiger partial charge on any atom is 0.336 e. The largest absolute Gasteiger partial charge is 0.459 e. The summed E-state index contributed by atoms with van der Waals surface area (Å²) in [6.07, 6.45) is 18.5. The molecule has 0 unspecified atom stereocenters. The van der Waals surface area contributed by atoms with Crippen molar-refractivity contribution in [3.63, 3.8) is 0 Å². The fourth-order valence-corrected chi connectivity index (χ4v) is 13.7. The van der Waals surface area contributed by atoms with Gasteiger partial charge in [-0.25, -0.2) is 9.59 Å². The summed E-state index contributed by atoms with van der Waals surface area (Å²) in [5.74, 6) is 4.39. The third-order valence-corrected chi connectivity index (χ3v) is 14.3. The molecular formula is C37H49I3O4. The summed E-state index contributed by atoms with van der Waals surface area (Å²) >= 11 is 6.56. The van der Waals surface area contributed by atoms with Gasteiger partial charge in [0.15, 0.2) is 5.75 Å². The number of carbonyl (C=O) groups is 2. The van der Waals surface area contributed by atoms with Crippen molar-refractivity contribution in [3.05, 3.63) is 46.6 Å². The lowest BCUT2D eigenvalue weighted by Crippen LogP contribution is -2.51. The van der Waals surface area contributed by atoms with Crippen LogP contribution in [0.5, 0.6) is 5.75 Å². The third kappa shape index (κ3) is 7.44. The predicted molar refractivity (Wildman–Crippen MR) is 202 cm³/mol. The Labute approximate surface area is 306 Å². The van der Waals surface area contributed by atoms with Crippen molar-refractivity contribution in [1.82, 2.24) is 0 Å². The van der Waals surface area contributed by atoms with Crippen LogP contribution < -0.4 is 4.74 Å². The lowest BCUT2D eigenvalue weighted by molar-refractivity contribution is -0.145. The normalized spacial score (nSPS) is 33.8. The van der Waals surface area contributed by atoms with Crippen molar-refractivity contribution < 1.29 is 19.1 Å². The molecule has 4 nitrogen and oxygen atoms in total. The zero-order chi connectivity index (χ0) is 31.8. The Morgan fingerprint density at radius 3 is 2.34 bits per heavy atom. The maximum absolute atomic E-state index is 12.7. The highest BCUT2D eigenvalue weighted by molar-refractivity contribution is 14.1. The third-order valence-electron chi connectivity index (χ3n) is 12.1. The molecule has 4 aliphatic carbocycles. The molecule has 0 aliphatic heterocycles. The van der Waals surface area contributed by atoms with E-state index in [-0.39, 0.29) is 11.5 Å². The van der Waals surface area contributed by atoms with Crippen molar-refractivity contribution >= 4 is 79.7 Å². The highest BCUT2D eigenvalue weighted by atomic mass is 127. The Morgan fingerprint density at radius 2 is 1.64 bits per heavy atom. The molecule has 4 aliphatic rings. The number of rotatable bonds is 9. The molecule has 0 N–H and O–H groups in total. The topological polar surface area (TPSA) is 52.6 Å². The van der Waals surface area contributed by atoms with Gasteiger partial charge in [-0.1, -0.05) is 65.5 Å². The van der Waals surface area contributed by atoms with Gasteiger partial charge in [-0.15, -0.1) is 0 Å². The zero-order valence-electron chi connectivity index (χ0n) is 27.0. The molecule has 242 valence electrons. The van der Waals surface area contributed by atoms with Crippen LogP contribution in [0.3, 0.4) is 0 Å². The summed E-state index contributed by atoms with van der Waals surface area (Å²) < 4.78 is 14.2. The van der Waals surface area contributed by atoms with E-state index in [1.54, 1.807) is 0 Å². The second kappa shape index (κ2) is 14.5. The minimum absolute atomic E-state index is 0.131. The summed E-state index contributed by atoms with van der Waals surface area (Å²) in [7, 11) is 0. The zero-order valence-corrected chi connectivity index (χ0v) is 33.4. The van der Waals surface area contributed by atoms with Gasteiger partial charge in [0.1, 0.15) is 6.10 Å². The number of halogens is 3. The quantitative estimate of drug-likeness (QED) is 0.0814. The summed E-state index contributed by atoms with van der Waals surface area (Å²) in [6, 6.07) is 3.91. The average molecular weight is 939 g/mol. The molecule has 0 heterocycles. The lowest BCUT2D eigenvalue weighted by atomic mass is 9.47. The second-order valence-corrected chi connectivity index (χ2v) is 18.6. The Kier molecular flexibility index (Phi) is 11.6. The number of fused-ring (bicyclic) bond motifs is 5. The SMILES string of the molecule is CC(C)CCC[C@@H](C)[C@H]1CC[C@H]2[C@@H]3CC=C4C[C@@H](OC(=O)/C=C/C(=O)Oc5c(I)cc(I)cc5I)CC[C@]4(C)[C@H]3CC[C@]12C. The molecule has 7 heteroatoms. The number of esters is 2. The molecule has 0 saturated heterocycles. The monoisotopic (exact) mass is 938 g/mol. The number of allylic oxidation sites excluding steroid dienone is 1. The van der Waals surface area contributed by atoms with Gasteiger partial charge >= 0.3 is 11.9 Å². The Morgan fingerprint density at radius 1 is 0.932 bits per heavy atom. The van der Waals surface area contributed by atoms with E-state index in [1.165, 1.54) is 69.1 Å². The molecule has 1 aromatic carbocycles. The van der Waals surface area contributed by atoms with Gasteiger partial charge in [-0.2, -0.15) is 0 Å². The second-order valence-electron chi connectivity index (χ2n) is 15.0. The fourth-order valence-electron chi connectivity index (χ4n) is 9.85. The van der Waals surface area contributed by atoms with E-state index in [0.717, 1.165) is 65.5 Å². The van der Waals surface area contributed by atoms with Gasteiger partial charge in [-0.05, 0) is 171 Å². The predicted octanol–water partition coefficient (Wildman–Crippen LogP) is 10.9. The maximum atomic E-state index is 12.7. The highest BCUT2D eigenvalue weighted by Crippen LogP contribution is 2.67. The molecule has 1 aromatic rings. The molecule has 0 bridgehead atoms. The van der Waals surface area contributed by atoms with Gasteiger partial charge < -0.3 is 9.47 Å². The van der Waals surface area contributed by atoms with Crippen molar-refractivity contribution in [2.75, 3.05) is 0 Å². The Balaban J connectivity index is 1.17. The molecule has 8 atom stereocenters. The van der Waals surface area contributed by atoms with Crippen molar-refractivity contribution in [2.24, 2.45) is 46.3 Å². The number of benzene rings is 1. The molecule has 0 radical (unpaired) electrons. The Bertz CT molecular complexity index is 1280. The first-order valence-corrected chi connectivity index (χ1v) is 20.0. The van der Waals surface area contributed by atoms with E-state index in [1.807, 2.05) is 12.1 Å². The lowest BCUT2D eigenvalue weighted by Gasteiger charge is -2.58. The van der Waals surface area contributed by atoms with E-state index in [4.69, 9.17) is 9.47 Å². The Hall–Kier alpha value is -0.170. The van der Waals surface area contributed by atoms with Crippen molar-refractivity contribution in [1.29, 1.82) is 0 Å². The summed E-state index contributed by atoms with van der Waals surface area (Å²) in [4.78, 5) is 25.2. The van der Waals surface area contributed by atoms with Crippen LogP contribution in [-0.2, 0) is 14.3 Å². The van der Waals surface area contributed by atoms with E-state index < -0.39 is 11.9 Å². The van der Waals surface area contributed by atoms with Crippen molar-refractivity contribution in [3.8, 4) is 5.75 Å². The van der Waals surface area contributed by atoms with Crippen LogP contribution in [0.25, 0.3) is 0 Å². The van der Waals surface area contributed by atoms with Crippen LogP contribution in [0, 0.1) is 57.0 Å². The van der Waals surface area contributed by atoms with E-state index in [0.29, 0.717) is 11.2 Å². The van der Waals surface area contributed by atoms with Gasteiger partial charge in [0.2, 0.25) is 0 Å². The molecule has 0 spiro atoms. The van der Waals surface area contributed by atoms with Crippen LogP contribution in [0.1, 0.15) is 105 Å². The summed E-state index contributed by atoms with van der Waals surface area (Å²) in [5.41, 5.74) is 2.22. The molecule has 3 saturated carbocycles. The minimum atomic E-state index is -0.570. The number of carbonyl (C=O) groups excluding carboxylic acids is 2. The van der Waals surface area contributed by atoms with Gasteiger partial charge in [0.25, 0.3) is 0 Å². The number of hydrogen-bond donors (Lipinski definition) is 0. The van der Waals surface area contributed by atoms with E-state index >= 15 is 0 Å². The minimum Gasteiger partial charge on any atom is -0.459 e. The standard InChI is InChI=1S/C37H49I3O4/c1-22(2)7-6-8-23(3)28-11-12-29-27-10-9-24-19-26(15-17-36(24,4)30(27)16-18-37(28,29)5)43-33(41)13-14-34(42)44-35-31(39)20-25(38)21-32(35)40/h9,13-14,20-23,26-30H,6-8,10-12,15-19H2,1-5H3/b14-13+/t23-,26+,27+,28-,29+,30+,36+,37-/m1/s1. The molecule has 0 aromatic heterocycles. The van der Waals surface area contributed by atoms with Crippen LogP contribution in [0.15, 0.2) is 35.9 Å². The van der Waals surface area contributed by atoms with E-state index in [2.05, 4.69) is 108 Å². The molecule has 5 rings (SSSR count). The fraction of sp³-hybridized carbons (Fsp3) is 0.676. The number of hydrogen-bond acceptors (Lipinski definition) is 4. The van der Waals surface area contributed by atoms with Crippen LogP contribution in [0.4, 0.5) is 0 Å². The molecular weight excluding hydrogens is 889 g/mol. The molecule has 0 amide bonds. The molecule has 3 fully saturated rings. The first-order valence-electron chi connectivity index (χ1n) is 16.8. The average Bonchev–Trinajstić information content (AvgIpc) is 3.31. The van der Waals surface area contributed by atoms with Crippen LogP contribution in [0.2, 0.25) is 0 Å². The van der Waals surface area contributed by atoms with E-state index in [9.17, 15) is 9.59 Å². The van der Waals surface area contributed by atoms with Crippen LogP contribution >= 0.6 is 67.8 Å². The highest BCUT2D eigenvalue weighted by Gasteiger charge is 2.59. The van der Waals surface area contributed by atoms with Gasteiger partial charge in [0.05, 0.1) is 7.14 Å². The van der Waals surface area contributed by atoms with Crippen molar-refractivity contribution in [2.45, 2.75) is 111 Å². The smallest absolute Gasteiger partial charge is 0.336 e.